The Morgan fingerprint density at radius 3 is 2.56 bits per heavy atom. The lowest BCUT2D eigenvalue weighted by atomic mass is 9.99. The highest BCUT2D eigenvalue weighted by Crippen LogP contribution is 2.47. The average molecular weight is 247 g/mol. The lowest BCUT2D eigenvalue weighted by Crippen LogP contribution is -2.20. The van der Waals surface area contributed by atoms with E-state index < -0.39 is 5.97 Å². The molecule has 0 heterocycles. The van der Waals surface area contributed by atoms with E-state index >= 15 is 0 Å². The van der Waals surface area contributed by atoms with Gasteiger partial charge in [-0.3, -0.25) is 4.79 Å². The molecule has 3 unspecified atom stereocenters. The molecule has 1 saturated carbocycles. The van der Waals surface area contributed by atoms with Crippen LogP contribution in [0.5, 0.6) is 0 Å². The molecule has 0 aromatic heterocycles. The number of rotatable bonds is 6. The fourth-order valence-electron chi connectivity index (χ4n) is 2.68. The Labute approximate surface area is 108 Å². The molecule has 0 bridgehead atoms. The van der Waals surface area contributed by atoms with Gasteiger partial charge >= 0.3 is 5.97 Å². The number of hydrogen-bond donors (Lipinski definition) is 2. The van der Waals surface area contributed by atoms with Crippen molar-refractivity contribution in [1.29, 1.82) is 0 Å². The van der Waals surface area contributed by atoms with E-state index in [1.807, 2.05) is 7.05 Å². The van der Waals surface area contributed by atoms with Crippen LogP contribution in [0.15, 0.2) is 24.3 Å². The minimum Gasteiger partial charge on any atom is -0.481 e. The van der Waals surface area contributed by atoms with Crippen LogP contribution in [-0.2, 0) is 11.2 Å². The van der Waals surface area contributed by atoms with E-state index in [0.29, 0.717) is 0 Å². The Kier molecular flexibility index (Phi) is 4.02. The Balaban J connectivity index is 2.06. The van der Waals surface area contributed by atoms with Gasteiger partial charge in [0.2, 0.25) is 0 Å². The van der Waals surface area contributed by atoms with Crippen molar-refractivity contribution in [2.24, 2.45) is 11.8 Å². The molecule has 0 spiro atoms. The summed E-state index contributed by atoms with van der Waals surface area (Å²) in [5.74, 6) is -0.592. The summed E-state index contributed by atoms with van der Waals surface area (Å²) in [7, 11) is 1.90. The van der Waals surface area contributed by atoms with Gasteiger partial charge in [-0.2, -0.15) is 0 Å². The Bertz CT molecular complexity index is 413. The Hall–Kier alpha value is -1.35. The molecule has 98 valence electrons. The molecule has 0 saturated heterocycles. The third kappa shape index (κ3) is 2.72. The highest BCUT2D eigenvalue weighted by Gasteiger charge is 2.47. The number of aliphatic carboxylic acids is 1. The van der Waals surface area contributed by atoms with Gasteiger partial charge in [0, 0.05) is 6.04 Å². The van der Waals surface area contributed by atoms with Crippen molar-refractivity contribution in [2.75, 3.05) is 7.05 Å². The van der Waals surface area contributed by atoms with Gasteiger partial charge in [-0.25, -0.2) is 0 Å². The normalized spacial score (nSPS) is 23.7. The van der Waals surface area contributed by atoms with Gasteiger partial charge in [0.25, 0.3) is 0 Å². The SMILES string of the molecule is CCCc1ccc(C(NC)C2CC2C(=O)O)cc1. The smallest absolute Gasteiger partial charge is 0.306 e. The van der Waals surface area contributed by atoms with Gasteiger partial charge in [-0.1, -0.05) is 37.6 Å². The maximum atomic E-state index is 10.9. The number of benzene rings is 1. The van der Waals surface area contributed by atoms with Crippen LogP contribution in [0.4, 0.5) is 0 Å². The van der Waals surface area contributed by atoms with Crippen LogP contribution < -0.4 is 5.32 Å². The van der Waals surface area contributed by atoms with Crippen LogP contribution in [0.25, 0.3) is 0 Å². The molecule has 1 aliphatic carbocycles. The maximum absolute atomic E-state index is 10.9. The summed E-state index contributed by atoms with van der Waals surface area (Å²) in [5.41, 5.74) is 2.55. The zero-order valence-corrected chi connectivity index (χ0v) is 11.0. The molecule has 0 amide bonds. The van der Waals surface area contributed by atoms with E-state index in [1.54, 1.807) is 0 Å². The summed E-state index contributed by atoms with van der Waals surface area (Å²) < 4.78 is 0. The minimum absolute atomic E-state index is 0.168. The molecule has 18 heavy (non-hydrogen) atoms. The first-order chi connectivity index (χ1) is 8.67. The zero-order valence-electron chi connectivity index (χ0n) is 11.0. The van der Waals surface area contributed by atoms with Crippen LogP contribution in [0, 0.1) is 11.8 Å². The van der Waals surface area contributed by atoms with Crippen molar-refractivity contribution in [3.05, 3.63) is 35.4 Å². The highest BCUT2D eigenvalue weighted by molar-refractivity contribution is 5.73. The van der Waals surface area contributed by atoms with E-state index in [-0.39, 0.29) is 17.9 Å². The van der Waals surface area contributed by atoms with Gasteiger partial charge in [0.1, 0.15) is 0 Å². The van der Waals surface area contributed by atoms with Crippen LogP contribution in [0.3, 0.4) is 0 Å². The van der Waals surface area contributed by atoms with Crippen LogP contribution >= 0.6 is 0 Å². The molecule has 3 atom stereocenters. The van der Waals surface area contributed by atoms with Crippen LogP contribution in [0.1, 0.15) is 36.9 Å². The lowest BCUT2D eigenvalue weighted by Gasteiger charge is -2.16. The second-order valence-corrected chi connectivity index (χ2v) is 5.10. The highest BCUT2D eigenvalue weighted by atomic mass is 16.4. The number of nitrogens with one attached hydrogen (secondary N) is 1. The summed E-state index contributed by atoms with van der Waals surface area (Å²) in [6, 6.07) is 8.73. The summed E-state index contributed by atoms with van der Waals surface area (Å²) >= 11 is 0. The number of carboxylic acids is 1. The van der Waals surface area contributed by atoms with Crippen LogP contribution in [0.2, 0.25) is 0 Å². The first kappa shape index (κ1) is 13.1. The second-order valence-electron chi connectivity index (χ2n) is 5.10. The minimum atomic E-state index is -0.664. The van der Waals surface area contributed by atoms with Gasteiger partial charge in [0.05, 0.1) is 5.92 Å². The largest absolute Gasteiger partial charge is 0.481 e. The second kappa shape index (κ2) is 5.53. The number of carboxylic acid groups (broad SMARTS) is 1. The quantitative estimate of drug-likeness (QED) is 0.812. The van der Waals surface area contributed by atoms with E-state index in [0.717, 1.165) is 19.3 Å². The summed E-state index contributed by atoms with van der Waals surface area (Å²) in [6.07, 6.45) is 3.04. The molecular formula is C15H21NO2. The maximum Gasteiger partial charge on any atom is 0.306 e. The monoisotopic (exact) mass is 247 g/mol. The Morgan fingerprint density at radius 2 is 2.11 bits per heavy atom. The third-order valence-electron chi connectivity index (χ3n) is 3.77. The van der Waals surface area contributed by atoms with Crippen molar-refractivity contribution >= 4 is 5.97 Å². The Morgan fingerprint density at radius 1 is 1.44 bits per heavy atom. The van der Waals surface area contributed by atoms with Gasteiger partial charge < -0.3 is 10.4 Å². The van der Waals surface area contributed by atoms with E-state index in [4.69, 9.17) is 5.11 Å². The molecule has 1 aromatic rings. The number of carbonyl (C=O) groups is 1. The van der Waals surface area contributed by atoms with Crippen molar-refractivity contribution in [3.63, 3.8) is 0 Å². The first-order valence-electron chi connectivity index (χ1n) is 6.66. The predicted octanol–water partition coefficient (Wildman–Crippen LogP) is 2.62. The fourth-order valence-corrected chi connectivity index (χ4v) is 2.68. The summed E-state index contributed by atoms with van der Waals surface area (Å²) in [6.45, 7) is 2.17. The van der Waals surface area contributed by atoms with E-state index in [1.165, 1.54) is 11.1 Å². The molecular weight excluding hydrogens is 226 g/mol. The van der Waals surface area contributed by atoms with Crippen molar-refractivity contribution < 1.29 is 9.90 Å². The summed E-state index contributed by atoms with van der Waals surface area (Å²) in [5, 5.41) is 12.3. The third-order valence-corrected chi connectivity index (χ3v) is 3.77. The lowest BCUT2D eigenvalue weighted by molar-refractivity contribution is -0.138. The molecule has 3 nitrogen and oxygen atoms in total. The molecule has 0 radical (unpaired) electrons. The molecule has 1 aliphatic rings. The predicted molar refractivity (Wildman–Crippen MR) is 71.5 cm³/mol. The first-order valence-corrected chi connectivity index (χ1v) is 6.66. The standard InChI is InChI=1S/C15H21NO2/c1-3-4-10-5-7-11(8-6-10)14(16-2)12-9-13(12)15(17)18/h5-8,12-14,16H,3-4,9H2,1-2H3,(H,17,18). The van der Waals surface area contributed by atoms with Crippen molar-refractivity contribution in [1.82, 2.24) is 5.32 Å². The van der Waals surface area contributed by atoms with E-state index in [2.05, 4.69) is 36.5 Å². The molecule has 3 heteroatoms. The molecule has 2 rings (SSSR count). The van der Waals surface area contributed by atoms with Crippen molar-refractivity contribution in [2.45, 2.75) is 32.2 Å². The topological polar surface area (TPSA) is 49.3 Å². The zero-order chi connectivity index (χ0) is 13.1. The molecule has 1 fully saturated rings. The van der Waals surface area contributed by atoms with Gasteiger partial charge in [-0.15, -0.1) is 0 Å². The van der Waals surface area contributed by atoms with Gasteiger partial charge in [0.15, 0.2) is 0 Å². The average Bonchev–Trinajstić information content (AvgIpc) is 3.13. The van der Waals surface area contributed by atoms with Crippen molar-refractivity contribution in [3.8, 4) is 0 Å². The molecule has 2 N–H and O–H groups in total. The van der Waals surface area contributed by atoms with Crippen LogP contribution in [-0.4, -0.2) is 18.1 Å². The van der Waals surface area contributed by atoms with E-state index in [9.17, 15) is 4.79 Å². The molecule has 0 aliphatic heterocycles. The molecule has 1 aromatic carbocycles. The summed E-state index contributed by atoms with van der Waals surface area (Å²) in [4.78, 5) is 10.9. The fraction of sp³-hybridized carbons (Fsp3) is 0.533. The van der Waals surface area contributed by atoms with Gasteiger partial charge in [-0.05, 0) is 36.9 Å². The number of aryl methyl sites for hydroxylation is 1. The number of hydrogen-bond acceptors (Lipinski definition) is 2.